The van der Waals surface area contributed by atoms with Gasteiger partial charge in [0.05, 0.1) is 28.2 Å². The molecule has 0 unspecified atom stereocenters. The largest absolute Gasteiger partial charge is 0.485 e. The second kappa shape index (κ2) is 11.2. The number of hydrogen-bond donors (Lipinski definition) is 1. The highest BCUT2D eigenvalue weighted by molar-refractivity contribution is 9.09. The van der Waals surface area contributed by atoms with Gasteiger partial charge in [-0.05, 0) is 25.7 Å². The Labute approximate surface area is 156 Å². The summed E-state index contributed by atoms with van der Waals surface area (Å²) < 4.78 is 5.57. The topological polar surface area (TPSA) is 108 Å². The maximum absolute atomic E-state index is 11.3. The van der Waals surface area contributed by atoms with Gasteiger partial charge in [0.1, 0.15) is 0 Å². The molecule has 1 rings (SSSR count). The summed E-state index contributed by atoms with van der Waals surface area (Å²) in [6.07, 6.45) is 3.34. The van der Waals surface area contributed by atoms with Crippen LogP contribution in [0.3, 0.4) is 0 Å². The van der Waals surface area contributed by atoms with Gasteiger partial charge in [-0.3, -0.25) is 20.2 Å². The predicted octanol–water partition coefficient (Wildman–Crippen LogP) is 4.64. The first-order valence-electron chi connectivity index (χ1n) is 7.46. The summed E-state index contributed by atoms with van der Waals surface area (Å²) >= 11 is 6.63. The molecule has 0 radical (unpaired) electrons. The third-order valence-corrected chi connectivity index (χ3v) is 4.23. The normalized spacial score (nSPS) is 10.4. The number of alkyl halides is 2. The summed E-state index contributed by atoms with van der Waals surface area (Å²) in [6.45, 7) is 0.849. The fourth-order valence-electron chi connectivity index (χ4n) is 1.94. The molecule has 24 heavy (non-hydrogen) atoms. The zero-order valence-corrected chi connectivity index (χ0v) is 16.2. The van der Waals surface area contributed by atoms with E-state index in [2.05, 4.69) is 37.2 Å². The van der Waals surface area contributed by atoms with Crippen molar-refractivity contribution in [3.05, 3.63) is 32.4 Å². The van der Waals surface area contributed by atoms with Crippen molar-refractivity contribution in [2.75, 3.05) is 29.1 Å². The summed E-state index contributed by atoms with van der Waals surface area (Å²) in [5.41, 5.74) is -0.451. The first-order chi connectivity index (χ1) is 11.5. The maximum atomic E-state index is 11.3. The highest BCUT2D eigenvalue weighted by Crippen LogP contribution is 2.39. The van der Waals surface area contributed by atoms with E-state index in [1.807, 2.05) is 0 Å². The van der Waals surface area contributed by atoms with Gasteiger partial charge in [-0.2, -0.15) is 0 Å². The Morgan fingerprint density at radius 1 is 1.00 bits per heavy atom. The molecule has 0 aliphatic heterocycles. The molecule has 0 saturated heterocycles. The summed E-state index contributed by atoms with van der Waals surface area (Å²) in [5, 5.41) is 27.0. The van der Waals surface area contributed by atoms with Gasteiger partial charge in [-0.15, -0.1) is 0 Å². The van der Waals surface area contributed by atoms with Crippen molar-refractivity contribution in [2.24, 2.45) is 0 Å². The number of hydrogen-bond acceptors (Lipinski definition) is 6. The number of nitro benzene ring substituents is 2. The highest BCUT2D eigenvalue weighted by atomic mass is 79.9. The summed E-state index contributed by atoms with van der Waals surface area (Å²) in [5.74, 6) is 0.0546. The first kappa shape index (κ1) is 20.6. The molecule has 1 aromatic carbocycles. The Kier molecular flexibility index (Phi) is 9.62. The number of nitrogens with zero attached hydrogens (tertiary/aromatic N) is 2. The Bertz CT molecular complexity index is 572. The fraction of sp³-hybridized carbons (Fsp3) is 0.571. The van der Waals surface area contributed by atoms with Gasteiger partial charge in [0, 0.05) is 23.3 Å². The Balaban J connectivity index is 3.06. The second-order valence-corrected chi connectivity index (χ2v) is 6.51. The molecule has 0 heterocycles. The van der Waals surface area contributed by atoms with Crippen molar-refractivity contribution in [3.63, 3.8) is 0 Å². The number of halogens is 2. The molecule has 0 aliphatic carbocycles. The zero-order valence-electron chi connectivity index (χ0n) is 13.0. The minimum atomic E-state index is -0.656. The van der Waals surface area contributed by atoms with Gasteiger partial charge in [0.15, 0.2) is 0 Å². The molecule has 0 aromatic heterocycles. The van der Waals surface area contributed by atoms with Crippen LogP contribution >= 0.6 is 31.9 Å². The number of nitrogens with one attached hydrogen (secondary N) is 1. The molecule has 0 atom stereocenters. The van der Waals surface area contributed by atoms with Crippen LogP contribution in [0.1, 0.15) is 25.7 Å². The van der Waals surface area contributed by atoms with E-state index in [9.17, 15) is 20.2 Å². The van der Waals surface area contributed by atoms with Gasteiger partial charge < -0.3 is 10.1 Å². The quantitative estimate of drug-likeness (QED) is 0.207. The Hall–Kier alpha value is -1.42. The van der Waals surface area contributed by atoms with Crippen molar-refractivity contribution in [1.29, 1.82) is 0 Å². The summed E-state index contributed by atoms with van der Waals surface area (Å²) in [4.78, 5) is 21.0. The molecular formula is C14H19Br2N3O5. The van der Waals surface area contributed by atoms with Crippen molar-refractivity contribution >= 4 is 48.9 Å². The number of ether oxygens (including phenoxy) is 1. The summed E-state index contributed by atoms with van der Waals surface area (Å²) in [6, 6.07) is 2.21. The van der Waals surface area contributed by atoms with Crippen LogP contribution in [0, 0.1) is 20.2 Å². The lowest BCUT2D eigenvalue weighted by Crippen LogP contribution is -2.08. The van der Waals surface area contributed by atoms with Crippen molar-refractivity contribution < 1.29 is 14.6 Å². The average Bonchev–Trinajstić information content (AvgIpc) is 2.55. The molecule has 1 N–H and O–H groups in total. The lowest BCUT2D eigenvalue weighted by molar-refractivity contribution is -0.394. The van der Waals surface area contributed by atoms with Crippen molar-refractivity contribution in [1.82, 2.24) is 0 Å². The van der Waals surface area contributed by atoms with E-state index in [0.717, 1.165) is 42.4 Å². The Morgan fingerprint density at radius 3 is 2.25 bits per heavy atom. The molecule has 1 aromatic rings. The molecular weight excluding hydrogens is 450 g/mol. The lowest BCUT2D eigenvalue weighted by atomic mass is 10.2. The SMILES string of the molecule is O=[N+]([O-])c1cc(NCCCCBr)c(OCCCCBr)c([N+](=O)[O-])c1. The van der Waals surface area contributed by atoms with E-state index >= 15 is 0 Å². The van der Waals surface area contributed by atoms with Crippen LogP contribution in [0.2, 0.25) is 0 Å². The van der Waals surface area contributed by atoms with Crippen LogP contribution in [0.5, 0.6) is 5.75 Å². The van der Waals surface area contributed by atoms with Gasteiger partial charge in [0.25, 0.3) is 5.69 Å². The summed E-state index contributed by atoms with van der Waals surface area (Å²) in [7, 11) is 0. The van der Waals surface area contributed by atoms with E-state index in [1.165, 1.54) is 6.07 Å². The van der Waals surface area contributed by atoms with Gasteiger partial charge >= 0.3 is 5.69 Å². The number of rotatable bonds is 12. The smallest absolute Gasteiger partial charge is 0.319 e. The standard InChI is InChI=1S/C14H19Br2N3O5/c15-5-1-3-7-17-12-9-11(18(20)21)10-13(19(22)23)14(12)24-8-4-2-6-16/h9-10,17H,1-8H2. The third-order valence-electron chi connectivity index (χ3n) is 3.11. The molecule has 0 saturated carbocycles. The number of benzene rings is 1. The molecule has 0 aliphatic rings. The zero-order chi connectivity index (χ0) is 17.9. The number of anilines is 1. The number of unbranched alkanes of at least 4 members (excludes halogenated alkanes) is 2. The molecule has 0 amide bonds. The van der Waals surface area contributed by atoms with E-state index in [4.69, 9.17) is 4.74 Å². The van der Waals surface area contributed by atoms with Gasteiger partial charge in [0.2, 0.25) is 5.75 Å². The minimum Gasteiger partial charge on any atom is -0.485 e. The van der Waals surface area contributed by atoms with Crippen LogP contribution in [-0.4, -0.2) is 33.7 Å². The molecule has 0 fully saturated rings. The van der Waals surface area contributed by atoms with Gasteiger partial charge in [-0.25, -0.2) is 0 Å². The van der Waals surface area contributed by atoms with E-state index in [-0.39, 0.29) is 17.1 Å². The minimum absolute atomic E-state index is 0.0546. The van der Waals surface area contributed by atoms with Crippen LogP contribution in [0.4, 0.5) is 17.1 Å². The maximum Gasteiger partial charge on any atom is 0.319 e. The first-order valence-corrected chi connectivity index (χ1v) is 9.71. The third kappa shape index (κ3) is 6.60. The van der Waals surface area contributed by atoms with Crippen molar-refractivity contribution in [2.45, 2.75) is 25.7 Å². The predicted molar refractivity (Wildman–Crippen MR) is 99.8 cm³/mol. The molecule has 134 valence electrons. The number of non-ortho nitro benzene ring substituents is 1. The van der Waals surface area contributed by atoms with Crippen molar-refractivity contribution in [3.8, 4) is 5.75 Å². The van der Waals surface area contributed by atoms with E-state index < -0.39 is 15.5 Å². The molecule has 0 bridgehead atoms. The second-order valence-electron chi connectivity index (χ2n) is 4.92. The van der Waals surface area contributed by atoms with Crippen LogP contribution in [-0.2, 0) is 0 Å². The Morgan fingerprint density at radius 2 is 1.67 bits per heavy atom. The number of nitro groups is 2. The molecule has 10 heteroatoms. The van der Waals surface area contributed by atoms with E-state index in [0.29, 0.717) is 13.2 Å². The van der Waals surface area contributed by atoms with E-state index in [1.54, 1.807) is 0 Å². The molecule has 8 nitrogen and oxygen atoms in total. The monoisotopic (exact) mass is 467 g/mol. The van der Waals surface area contributed by atoms with Crippen LogP contribution < -0.4 is 10.1 Å². The van der Waals surface area contributed by atoms with Gasteiger partial charge in [-0.1, -0.05) is 31.9 Å². The van der Waals surface area contributed by atoms with Crippen LogP contribution in [0.25, 0.3) is 0 Å². The highest BCUT2D eigenvalue weighted by Gasteiger charge is 2.25. The fourth-order valence-corrected chi connectivity index (χ4v) is 2.73. The average molecular weight is 469 g/mol. The lowest BCUT2D eigenvalue weighted by Gasteiger charge is -2.13. The molecule has 0 spiro atoms. The van der Waals surface area contributed by atoms with Crippen LogP contribution in [0.15, 0.2) is 12.1 Å².